The van der Waals surface area contributed by atoms with Crippen molar-refractivity contribution in [1.82, 2.24) is 16.0 Å². The van der Waals surface area contributed by atoms with Crippen LogP contribution in [0.1, 0.15) is 33.6 Å². The smallest absolute Gasteiger partial charge is 0.326 e. The number of hydrogen-bond donors (Lipinski definition) is 8. The number of carboxylic acids is 1. The molecule has 0 bridgehead atoms. The summed E-state index contributed by atoms with van der Waals surface area (Å²) in [5.74, 6) is -3.93. The van der Waals surface area contributed by atoms with Crippen LogP contribution >= 0.6 is 0 Å². The van der Waals surface area contributed by atoms with Crippen molar-refractivity contribution in [3.8, 4) is 0 Å². The van der Waals surface area contributed by atoms with Crippen molar-refractivity contribution >= 4 is 29.7 Å². The maximum absolute atomic E-state index is 12.5. The van der Waals surface area contributed by atoms with E-state index in [2.05, 4.69) is 20.9 Å². The number of carbonyl (C=O) groups is 4. The summed E-state index contributed by atoms with van der Waals surface area (Å²) in [6.45, 7) is 4.47. The number of aliphatic hydroxyl groups excluding tert-OH is 1. The topological polar surface area (TPSA) is 235 Å². The van der Waals surface area contributed by atoms with Gasteiger partial charge in [-0.2, -0.15) is 0 Å². The van der Waals surface area contributed by atoms with E-state index >= 15 is 0 Å². The summed E-state index contributed by atoms with van der Waals surface area (Å²) >= 11 is 0. The van der Waals surface area contributed by atoms with Crippen molar-refractivity contribution in [2.75, 3.05) is 13.1 Å². The number of aliphatic imine (C=N–C) groups is 1. The minimum Gasteiger partial charge on any atom is -0.480 e. The van der Waals surface area contributed by atoms with Crippen LogP contribution in [0.3, 0.4) is 0 Å². The van der Waals surface area contributed by atoms with Gasteiger partial charge in [-0.05, 0) is 25.7 Å². The van der Waals surface area contributed by atoms with Crippen molar-refractivity contribution in [2.24, 2.45) is 28.1 Å². The minimum absolute atomic E-state index is 0.0273. The van der Waals surface area contributed by atoms with Gasteiger partial charge in [-0.25, -0.2) is 4.79 Å². The number of nitrogens with zero attached hydrogens (tertiary/aromatic N) is 1. The third-order valence-corrected chi connectivity index (χ3v) is 4.07. The van der Waals surface area contributed by atoms with Crippen molar-refractivity contribution in [1.29, 1.82) is 0 Å². The molecule has 0 aliphatic rings. The molecular formula is C17H33N7O6. The minimum atomic E-state index is -1.44. The first-order chi connectivity index (χ1) is 13.9. The van der Waals surface area contributed by atoms with Crippen LogP contribution in [-0.4, -0.2) is 77.2 Å². The van der Waals surface area contributed by atoms with Gasteiger partial charge >= 0.3 is 5.97 Å². The van der Waals surface area contributed by atoms with Gasteiger partial charge in [-0.15, -0.1) is 0 Å². The van der Waals surface area contributed by atoms with Crippen LogP contribution in [0.25, 0.3) is 0 Å². The highest BCUT2D eigenvalue weighted by Crippen LogP contribution is 2.05. The van der Waals surface area contributed by atoms with Gasteiger partial charge in [0.15, 0.2) is 5.96 Å². The normalized spacial score (nSPS) is 14.7. The third-order valence-electron chi connectivity index (χ3n) is 4.07. The molecule has 13 heteroatoms. The molecule has 3 amide bonds. The number of carbonyl (C=O) groups excluding carboxylic acids is 3. The lowest BCUT2D eigenvalue weighted by atomic mass is 10.0. The van der Waals surface area contributed by atoms with Crippen LogP contribution < -0.4 is 33.2 Å². The zero-order chi connectivity index (χ0) is 23.4. The average Bonchev–Trinajstić information content (AvgIpc) is 2.64. The Kier molecular flexibility index (Phi) is 12.0. The Bertz CT molecular complexity index is 634. The number of aliphatic hydroxyl groups is 1. The van der Waals surface area contributed by atoms with E-state index in [1.165, 1.54) is 6.92 Å². The number of amides is 3. The van der Waals surface area contributed by atoms with E-state index < -0.39 is 47.9 Å². The molecule has 0 aromatic heterocycles. The zero-order valence-corrected chi connectivity index (χ0v) is 17.4. The fourth-order valence-corrected chi connectivity index (χ4v) is 2.44. The van der Waals surface area contributed by atoms with Gasteiger partial charge in [0.2, 0.25) is 17.7 Å². The standard InChI is InChI=1S/C17H33N7O6/c1-8(2)12(23-11(26)7-18)14(27)24-13(9(3)25)15(28)22-10(16(29)30)5-4-6-21-17(19)20/h8-10,12-13,25H,4-7,18H2,1-3H3,(H,22,28)(H,23,26)(H,24,27)(H,29,30)(H4,19,20,21). The Morgan fingerprint density at radius 2 is 1.53 bits per heavy atom. The molecule has 0 saturated heterocycles. The number of rotatable bonds is 13. The van der Waals surface area contributed by atoms with Gasteiger partial charge in [0.1, 0.15) is 18.1 Å². The molecular weight excluding hydrogens is 398 g/mol. The van der Waals surface area contributed by atoms with E-state index in [0.717, 1.165) is 0 Å². The Morgan fingerprint density at radius 1 is 0.967 bits per heavy atom. The molecule has 4 atom stereocenters. The van der Waals surface area contributed by atoms with Crippen LogP contribution in [0.5, 0.6) is 0 Å². The Morgan fingerprint density at radius 3 is 1.97 bits per heavy atom. The molecule has 0 heterocycles. The maximum atomic E-state index is 12.5. The Balaban J connectivity index is 5.17. The molecule has 0 aliphatic heterocycles. The second kappa shape index (κ2) is 13.3. The van der Waals surface area contributed by atoms with Gasteiger partial charge in [0.25, 0.3) is 0 Å². The van der Waals surface area contributed by atoms with E-state index in [9.17, 15) is 29.4 Å². The summed E-state index contributed by atoms with van der Waals surface area (Å²) in [6, 6.07) is -3.71. The molecule has 0 aliphatic carbocycles. The molecule has 172 valence electrons. The molecule has 4 unspecified atom stereocenters. The number of nitrogens with one attached hydrogen (secondary N) is 3. The van der Waals surface area contributed by atoms with Gasteiger partial charge in [-0.3, -0.25) is 19.4 Å². The number of guanidine groups is 1. The monoisotopic (exact) mass is 431 g/mol. The number of carboxylic acid groups (broad SMARTS) is 1. The van der Waals surface area contributed by atoms with Gasteiger partial charge < -0.3 is 43.4 Å². The highest BCUT2D eigenvalue weighted by molar-refractivity contribution is 5.94. The number of hydrogen-bond acceptors (Lipinski definition) is 7. The quantitative estimate of drug-likeness (QED) is 0.0821. The molecule has 11 N–H and O–H groups in total. The van der Waals surface area contributed by atoms with E-state index in [1.54, 1.807) is 13.8 Å². The first-order valence-corrected chi connectivity index (χ1v) is 9.47. The zero-order valence-electron chi connectivity index (χ0n) is 17.4. The molecule has 0 radical (unpaired) electrons. The van der Waals surface area contributed by atoms with E-state index in [1.807, 2.05) is 0 Å². The summed E-state index contributed by atoms with van der Waals surface area (Å²) in [7, 11) is 0. The lowest BCUT2D eigenvalue weighted by molar-refractivity contribution is -0.143. The highest BCUT2D eigenvalue weighted by Gasteiger charge is 2.32. The van der Waals surface area contributed by atoms with Crippen molar-refractivity contribution in [3.05, 3.63) is 0 Å². The number of aliphatic carboxylic acids is 1. The molecule has 0 fully saturated rings. The van der Waals surface area contributed by atoms with Crippen LogP contribution in [0, 0.1) is 5.92 Å². The van der Waals surface area contributed by atoms with E-state index in [-0.39, 0.29) is 37.8 Å². The molecule has 0 aromatic carbocycles. The van der Waals surface area contributed by atoms with Crippen molar-refractivity contribution < 1.29 is 29.4 Å². The van der Waals surface area contributed by atoms with Crippen LogP contribution in [-0.2, 0) is 19.2 Å². The second-order valence-corrected chi connectivity index (χ2v) is 7.07. The molecule has 0 rings (SSSR count). The predicted molar refractivity (Wildman–Crippen MR) is 109 cm³/mol. The fraction of sp³-hybridized carbons (Fsp3) is 0.706. The summed E-state index contributed by atoms with van der Waals surface area (Å²) in [5.41, 5.74) is 15.6. The van der Waals surface area contributed by atoms with Crippen molar-refractivity contribution in [3.63, 3.8) is 0 Å². The largest absolute Gasteiger partial charge is 0.480 e. The lowest BCUT2D eigenvalue weighted by Gasteiger charge is -2.27. The van der Waals surface area contributed by atoms with Crippen molar-refractivity contribution in [2.45, 2.75) is 57.8 Å². The van der Waals surface area contributed by atoms with Gasteiger partial charge in [-0.1, -0.05) is 13.8 Å². The molecule has 0 saturated carbocycles. The summed E-state index contributed by atoms with van der Waals surface area (Å²) in [6.07, 6.45) is -1.02. The predicted octanol–water partition coefficient (Wildman–Crippen LogP) is -3.43. The third kappa shape index (κ3) is 10.0. The van der Waals surface area contributed by atoms with Crippen LogP contribution in [0.15, 0.2) is 4.99 Å². The van der Waals surface area contributed by atoms with Crippen LogP contribution in [0.4, 0.5) is 0 Å². The van der Waals surface area contributed by atoms with Gasteiger partial charge in [0, 0.05) is 6.54 Å². The van der Waals surface area contributed by atoms with E-state index in [0.29, 0.717) is 0 Å². The Labute approximate surface area is 174 Å². The SMILES string of the molecule is CC(C)C(NC(=O)CN)C(=O)NC(C(=O)NC(CCCN=C(N)N)C(=O)O)C(C)O. The molecule has 0 aromatic rings. The lowest BCUT2D eigenvalue weighted by Crippen LogP contribution is -2.60. The maximum Gasteiger partial charge on any atom is 0.326 e. The van der Waals surface area contributed by atoms with Crippen LogP contribution in [0.2, 0.25) is 0 Å². The molecule has 0 spiro atoms. The Hall–Kier alpha value is -2.93. The molecule has 30 heavy (non-hydrogen) atoms. The average molecular weight is 431 g/mol. The first kappa shape index (κ1) is 27.1. The summed E-state index contributed by atoms with van der Waals surface area (Å²) in [5, 5.41) is 26.3. The highest BCUT2D eigenvalue weighted by atomic mass is 16.4. The number of nitrogens with two attached hydrogens (primary N) is 3. The first-order valence-electron chi connectivity index (χ1n) is 9.47. The van der Waals surface area contributed by atoms with Gasteiger partial charge in [0.05, 0.1) is 12.6 Å². The molecule has 13 nitrogen and oxygen atoms in total. The summed E-state index contributed by atoms with van der Waals surface area (Å²) in [4.78, 5) is 51.7. The second-order valence-electron chi connectivity index (χ2n) is 7.07. The fourth-order valence-electron chi connectivity index (χ4n) is 2.44. The van der Waals surface area contributed by atoms with E-state index in [4.69, 9.17) is 17.2 Å². The summed E-state index contributed by atoms with van der Waals surface area (Å²) < 4.78 is 0.